The Morgan fingerprint density at radius 2 is 2.06 bits per heavy atom. The van der Waals surface area contributed by atoms with E-state index in [0.29, 0.717) is 18.6 Å². The summed E-state index contributed by atoms with van der Waals surface area (Å²) in [6, 6.07) is 0.617. The number of hydrogen-bond donors (Lipinski definition) is 2. The number of aliphatic hydroxyl groups is 1. The van der Waals surface area contributed by atoms with E-state index < -0.39 is 0 Å². The van der Waals surface area contributed by atoms with Crippen LogP contribution in [-0.4, -0.2) is 49.2 Å². The van der Waals surface area contributed by atoms with Crippen molar-refractivity contribution in [1.29, 1.82) is 0 Å². The molecule has 98 valence electrons. The number of rotatable bonds is 7. The van der Waals surface area contributed by atoms with Crippen LogP contribution in [0.4, 0.5) is 0 Å². The molecule has 0 bridgehead atoms. The van der Waals surface area contributed by atoms with Crippen molar-refractivity contribution >= 4 is 0 Å². The third-order valence-electron chi connectivity index (χ3n) is 4.17. The number of aliphatic hydroxyl groups excluding tert-OH is 1. The van der Waals surface area contributed by atoms with Gasteiger partial charge in [0.05, 0.1) is 31.5 Å². The van der Waals surface area contributed by atoms with E-state index in [9.17, 15) is 5.11 Å². The smallest absolute Gasteiger partial charge is 0.0831 e. The van der Waals surface area contributed by atoms with Gasteiger partial charge < -0.3 is 19.9 Å². The van der Waals surface area contributed by atoms with E-state index in [1.165, 1.54) is 25.7 Å². The Bertz CT molecular complexity index is 259. The summed E-state index contributed by atoms with van der Waals surface area (Å²) < 4.78 is 11.3. The van der Waals surface area contributed by atoms with Crippen molar-refractivity contribution in [1.82, 2.24) is 5.32 Å². The topological polar surface area (TPSA) is 50.7 Å². The molecular weight excluding hydrogens is 218 g/mol. The molecule has 0 aromatic heterocycles. The van der Waals surface area contributed by atoms with Crippen molar-refractivity contribution in [3.63, 3.8) is 0 Å². The first-order valence-corrected chi connectivity index (χ1v) is 6.90. The highest BCUT2D eigenvalue weighted by atomic mass is 16.5. The summed E-state index contributed by atoms with van der Waals surface area (Å²) in [5, 5.41) is 13.4. The van der Waals surface area contributed by atoms with Crippen LogP contribution in [0.3, 0.4) is 0 Å². The second kappa shape index (κ2) is 4.84. The predicted molar refractivity (Wildman–Crippen MR) is 63.9 cm³/mol. The molecule has 0 amide bonds. The first-order valence-electron chi connectivity index (χ1n) is 6.90. The van der Waals surface area contributed by atoms with Gasteiger partial charge in [-0.2, -0.15) is 0 Å². The minimum Gasteiger partial charge on any atom is -0.394 e. The van der Waals surface area contributed by atoms with Gasteiger partial charge in [0.25, 0.3) is 0 Å². The molecule has 1 heterocycles. The minimum absolute atomic E-state index is 0.177. The van der Waals surface area contributed by atoms with Crippen LogP contribution in [0.15, 0.2) is 0 Å². The summed E-state index contributed by atoms with van der Waals surface area (Å²) in [4.78, 5) is 0. The number of ether oxygens (including phenoxy) is 2. The van der Waals surface area contributed by atoms with Crippen molar-refractivity contribution in [2.24, 2.45) is 5.92 Å². The highest BCUT2D eigenvalue weighted by Gasteiger charge is 2.47. The Hall–Kier alpha value is -0.160. The highest BCUT2D eigenvalue weighted by molar-refractivity contribution is 5.04. The molecule has 3 fully saturated rings. The summed E-state index contributed by atoms with van der Waals surface area (Å²) in [7, 11) is 0. The van der Waals surface area contributed by atoms with Gasteiger partial charge in [-0.05, 0) is 38.0 Å². The number of nitrogens with one attached hydrogen (secondary N) is 1. The van der Waals surface area contributed by atoms with Crippen LogP contribution in [0.1, 0.15) is 32.1 Å². The lowest BCUT2D eigenvalue weighted by Gasteiger charge is -2.34. The van der Waals surface area contributed by atoms with Crippen LogP contribution in [0.5, 0.6) is 0 Å². The van der Waals surface area contributed by atoms with Gasteiger partial charge in [-0.15, -0.1) is 0 Å². The zero-order valence-electron chi connectivity index (χ0n) is 10.4. The van der Waals surface area contributed by atoms with Gasteiger partial charge in [-0.1, -0.05) is 0 Å². The summed E-state index contributed by atoms with van der Waals surface area (Å²) >= 11 is 0. The van der Waals surface area contributed by atoms with Gasteiger partial charge in [0, 0.05) is 12.6 Å². The molecule has 2 saturated carbocycles. The fourth-order valence-corrected chi connectivity index (χ4v) is 2.68. The van der Waals surface area contributed by atoms with E-state index in [4.69, 9.17) is 9.47 Å². The molecule has 0 spiro atoms. The SMILES string of the molecule is OCC(COC1CCOC1)(NC1CC1)C1CC1. The van der Waals surface area contributed by atoms with Crippen LogP contribution < -0.4 is 5.32 Å². The second-order valence-electron chi connectivity index (χ2n) is 5.80. The van der Waals surface area contributed by atoms with Gasteiger partial charge in [-0.3, -0.25) is 0 Å². The molecule has 2 atom stereocenters. The molecule has 2 N–H and O–H groups in total. The lowest BCUT2D eigenvalue weighted by molar-refractivity contribution is -0.0214. The third-order valence-corrected chi connectivity index (χ3v) is 4.17. The van der Waals surface area contributed by atoms with E-state index in [1.807, 2.05) is 0 Å². The third kappa shape index (κ3) is 2.81. The predicted octanol–water partition coefficient (Wildman–Crippen LogP) is 0.685. The molecule has 2 unspecified atom stereocenters. The average Bonchev–Trinajstić information content (AvgIpc) is 3.26. The molecule has 4 nitrogen and oxygen atoms in total. The molecule has 0 aromatic carbocycles. The second-order valence-corrected chi connectivity index (χ2v) is 5.80. The molecule has 17 heavy (non-hydrogen) atoms. The fraction of sp³-hybridized carbons (Fsp3) is 1.00. The van der Waals surface area contributed by atoms with Crippen LogP contribution >= 0.6 is 0 Å². The van der Waals surface area contributed by atoms with E-state index in [1.54, 1.807) is 0 Å². The number of hydrogen-bond acceptors (Lipinski definition) is 4. The lowest BCUT2D eigenvalue weighted by Crippen LogP contribution is -2.55. The zero-order valence-corrected chi connectivity index (χ0v) is 10.4. The molecule has 2 aliphatic carbocycles. The van der Waals surface area contributed by atoms with E-state index in [-0.39, 0.29) is 18.2 Å². The monoisotopic (exact) mass is 241 g/mol. The molecule has 1 aliphatic heterocycles. The standard InChI is InChI=1S/C13H23NO3/c15-8-13(10-1-2-10,14-11-3-4-11)9-17-12-5-6-16-7-12/h10-12,14-15H,1-9H2. The molecular formula is C13H23NO3. The van der Waals surface area contributed by atoms with Crippen molar-refractivity contribution in [2.75, 3.05) is 26.4 Å². The quantitative estimate of drug-likeness (QED) is 0.688. The molecule has 0 aromatic rings. The Morgan fingerprint density at radius 3 is 2.59 bits per heavy atom. The van der Waals surface area contributed by atoms with Crippen molar-refractivity contribution in [2.45, 2.75) is 49.8 Å². The molecule has 3 rings (SSSR count). The molecule has 1 saturated heterocycles. The fourth-order valence-electron chi connectivity index (χ4n) is 2.68. The van der Waals surface area contributed by atoms with Gasteiger partial charge in [-0.25, -0.2) is 0 Å². The first-order chi connectivity index (χ1) is 8.32. The average molecular weight is 241 g/mol. The van der Waals surface area contributed by atoms with Crippen LogP contribution in [0, 0.1) is 5.92 Å². The van der Waals surface area contributed by atoms with Gasteiger partial charge in [0.1, 0.15) is 0 Å². The first kappa shape index (κ1) is 11.9. The Kier molecular flexibility index (Phi) is 3.39. The summed E-state index contributed by atoms with van der Waals surface area (Å²) in [6.45, 7) is 2.37. The van der Waals surface area contributed by atoms with E-state index in [2.05, 4.69) is 5.32 Å². The molecule has 4 heteroatoms. The lowest BCUT2D eigenvalue weighted by atomic mass is 9.95. The Balaban J connectivity index is 1.56. The summed E-state index contributed by atoms with van der Waals surface area (Å²) in [5.41, 5.74) is -0.177. The van der Waals surface area contributed by atoms with Gasteiger partial charge >= 0.3 is 0 Å². The van der Waals surface area contributed by atoms with Crippen molar-refractivity contribution in [3.05, 3.63) is 0 Å². The minimum atomic E-state index is -0.177. The maximum Gasteiger partial charge on any atom is 0.0831 e. The van der Waals surface area contributed by atoms with E-state index >= 15 is 0 Å². The Labute approximate surface area is 103 Å². The van der Waals surface area contributed by atoms with E-state index in [0.717, 1.165) is 19.6 Å². The van der Waals surface area contributed by atoms with Crippen LogP contribution in [0.2, 0.25) is 0 Å². The van der Waals surface area contributed by atoms with Crippen LogP contribution in [-0.2, 0) is 9.47 Å². The zero-order chi connectivity index (χ0) is 11.7. The van der Waals surface area contributed by atoms with Gasteiger partial charge in [0.15, 0.2) is 0 Å². The maximum absolute atomic E-state index is 9.76. The molecule has 3 aliphatic rings. The largest absolute Gasteiger partial charge is 0.394 e. The maximum atomic E-state index is 9.76. The molecule has 0 radical (unpaired) electrons. The summed E-state index contributed by atoms with van der Waals surface area (Å²) in [5.74, 6) is 0.607. The van der Waals surface area contributed by atoms with Gasteiger partial charge in [0.2, 0.25) is 0 Å². The highest BCUT2D eigenvalue weighted by Crippen LogP contribution is 2.41. The van der Waals surface area contributed by atoms with Crippen molar-refractivity contribution in [3.8, 4) is 0 Å². The van der Waals surface area contributed by atoms with Crippen molar-refractivity contribution < 1.29 is 14.6 Å². The van der Waals surface area contributed by atoms with Crippen LogP contribution in [0.25, 0.3) is 0 Å². The Morgan fingerprint density at radius 1 is 1.24 bits per heavy atom. The summed E-state index contributed by atoms with van der Waals surface area (Å²) in [6.07, 6.45) is 6.19. The normalized spacial score (nSPS) is 32.6.